The summed E-state index contributed by atoms with van der Waals surface area (Å²) in [7, 11) is 1.93. The minimum absolute atomic E-state index is 0.0229. The second-order valence-corrected chi connectivity index (χ2v) is 8.53. The number of hydrogen-bond donors (Lipinski definition) is 2. The summed E-state index contributed by atoms with van der Waals surface area (Å²) in [5.41, 5.74) is 3.24. The molecule has 2 aliphatic heterocycles. The van der Waals surface area contributed by atoms with Crippen molar-refractivity contribution in [2.75, 3.05) is 26.7 Å². The second kappa shape index (κ2) is 7.20. The van der Waals surface area contributed by atoms with E-state index in [4.69, 9.17) is 0 Å². The van der Waals surface area contributed by atoms with Crippen LogP contribution in [0.2, 0.25) is 0 Å². The molecular formula is C20H28N4O3. The molecule has 0 radical (unpaired) electrons. The zero-order chi connectivity index (χ0) is 19.0. The molecule has 0 aromatic carbocycles. The lowest BCUT2D eigenvalue weighted by molar-refractivity contribution is -0.151. The summed E-state index contributed by atoms with van der Waals surface area (Å²) in [6.07, 6.45) is 8.37. The van der Waals surface area contributed by atoms with Crippen LogP contribution >= 0.6 is 0 Å². The van der Waals surface area contributed by atoms with Gasteiger partial charge in [0.15, 0.2) is 0 Å². The molecule has 1 aromatic rings. The van der Waals surface area contributed by atoms with E-state index in [9.17, 15) is 14.8 Å². The fourth-order valence-electron chi connectivity index (χ4n) is 5.05. The van der Waals surface area contributed by atoms with E-state index in [1.54, 1.807) is 5.48 Å². The molecule has 2 N–H and O–H groups in total. The summed E-state index contributed by atoms with van der Waals surface area (Å²) < 4.78 is 0. The maximum atomic E-state index is 13.3. The van der Waals surface area contributed by atoms with Crippen LogP contribution in [0.4, 0.5) is 0 Å². The standard InChI is InChI=1S/C20H28N4O3/c1-23-13-20(6-7-20)12-16(18(25)22-27)17(23)19(26)24-10-4-15(5-11-24)14-2-8-21-9-3-14/h2-3,8-9,15-17,27H,4-7,10-13H2,1H3,(H,22,25)/t16-,17-/m0/s1. The van der Waals surface area contributed by atoms with E-state index in [0.717, 1.165) is 32.2 Å². The number of carbonyl (C=O) groups excluding carboxylic acids is 2. The van der Waals surface area contributed by atoms with Crippen LogP contribution in [0.1, 0.15) is 43.6 Å². The molecule has 1 aromatic heterocycles. The number of hydrogen-bond acceptors (Lipinski definition) is 5. The van der Waals surface area contributed by atoms with Gasteiger partial charge < -0.3 is 4.90 Å². The SMILES string of the molecule is CN1CC2(CC2)C[C@H](C(=O)NO)[C@H]1C(=O)N1CCC(c2ccncc2)CC1. The van der Waals surface area contributed by atoms with Gasteiger partial charge in [0.05, 0.1) is 5.92 Å². The highest BCUT2D eigenvalue weighted by Crippen LogP contribution is 2.54. The Kier molecular flexibility index (Phi) is 4.90. The van der Waals surface area contributed by atoms with Crippen molar-refractivity contribution >= 4 is 11.8 Å². The lowest BCUT2D eigenvalue weighted by atomic mass is 9.79. The van der Waals surface area contributed by atoms with E-state index in [1.807, 2.05) is 41.4 Å². The van der Waals surface area contributed by atoms with Crippen molar-refractivity contribution < 1.29 is 14.8 Å². The number of carbonyl (C=O) groups is 2. The molecule has 146 valence electrons. The normalized spacial score (nSPS) is 28.1. The fraction of sp³-hybridized carbons (Fsp3) is 0.650. The quantitative estimate of drug-likeness (QED) is 0.619. The third-order valence-corrected chi connectivity index (χ3v) is 6.73. The Morgan fingerprint density at radius 2 is 1.89 bits per heavy atom. The Morgan fingerprint density at radius 3 is 2.48 bits per heavy atom. The molecular weight excluding hydrogens is 344 g/mol. The third-order valence-electron chi connectivity index (χ3n) is 6.73. The molecule has 1 spiro atoms. The van der Waals surface area contributed by atoms with Gasteiger partial charge in [0.1, 0.15) is 6.04 Å². The summed E-state index contributed by atoms with van der Waals surface area (Å²) >= 11 is 0. The molecule has 0 bridgehead atoms. The van der Waals surface area contributed by atoms with Gasteiger partial charge in [0.2, 0.25) is 11.8 Å². The van der Waals surface area contributed by atoms with E-state index in [-0.39, 0.29) is 11.3 Å². The molecule has 3 heterocycles. The molecule has 3 aliphatic rings. The number of amides is 2. The van der Waals surface area contributed by atoms with Crippen LogP contribution in [-0.2, 0) is 9.59 Å². The highest BCUT2D eigenvalue weighted by molar-refractivity contribution is 5.90. The number of hydroxylamine groups is 1. The van der Waals surface area contributed by atoms with Crippen LogP contribution in [0.5, 0.6) is 0 Å². The minimum atomic E-state index is -0.485. The fourth-order valence-corrected chi connectivity index (χ4v) is 5.05. The number of pyridine rings is 1. The van der Waals surface area contributed by atoms with Crippen molar-refractivity contribution in [3.63, 3.8) is 0 Å². The van der Waals surface area contributed by atoms with E-state index in [0.29, 0.717) is 25.4 Å². The Morgan fingerprint density at radius 1 is 1.22 bits per heavy atom. The number of likely N-dealkylation sites (N-methyl/N-ethyl adjacent to an activating group) is 1. The summed E-state index contributed by atoms with van der Waals surface area (Å²) in [6.45, 7) is 2.26. The van der Waals surface area contributed by atoms with Gasteiger partial charge in [-0.1, -0.05) is 0 Å². The Labute approximate surface area is 159 Å². The highest BCUT2D eigenvalue weighted by atomic mass is 16.5. The van der Waals surface area contributed by atoms with Gasteiger partial charge in [-0.15, -0.1) is 0 Å². The van der Waals surface area contributed by atoms with Crippen LogP contribution in [0.15, 0.2) is 24.5 Å². The number of nitrogens with one attached hydrogen (secondary N) is 1. The van der Waals surface area contributed by atoms with E-state index >= 15 is 0 Å². The van der Waals surface area contributed by atoms with E-state index in [2.05, 4.69) is 4.98 Å². The maximum absolute atomic E-state index is 13.3. The predicted molar refractivity (Wildman–Crippen MR) is 98.9 cm³/mol. The lowest BCUT2D eigenvalue weighted by Gasteiger charge is -2.44. The number of piperidine rings is 2. The maximum Gasteiger partial charge on any atom is 0.248 e. The smallest absolute Gasteiger partial charge is 0.248 e. The molecule has 1 saturated carbocycles. The van der Waals surface area contributed by atoms with Crippen molar-refractivity contribution in [2.45, 2.75) is 44.1 Å². The van der Waals surface area contributed by atoms with E-state index < -0.39 is 17.9 Å². The molecule has 0 unspecified atom stereocenters. The molecule has 7 heteroatoms. The van der Waals surface area contributed by atoms with Crippen LogP contribution in [0.3, 0.4) is 0 Å². The van der Waals surface area contributed by atoms with Gasteiger partial charge in [-0.25, -0.2) is 5.48 Å². The summed E-state index contributed by atoms with van der Waals surface area (Å²) in [4.78, 5) is 33.6. The first kappa shape index (κ1) is 18.4. The zero-order valence-electron chi connectivity index (χ0n) is 15.8. The van der Waals surface area contributed by atoms with Crippen molar-refractivity contribution in [1.82, 2.24) is 20.3 Å². The predicted octanol–water partition coefficient (Wildman–Crippen LogP) is 1.39. The molecule has 7 nitrogen and oxygen atoms in total. The molecule has 3 fully saturated rings. The van der Waals surface area contributed by atoms with Gasteiger partial charge in [-0.3, -0.25) is 24.7 Å². The first-order valence-corrected chi connectivity index (χ1v) is 9.86. The first-order valence-electron chi connectivity index (χ1n) is 9.86. The monoisotopic (exact) mass is 372 g/mol. The average Bonchev–Trinajstić information content (AvgIpc) is 3.45. The van der Waals surface area contributed by atoms with Gasteiger partial charge in [0.25, 0.3) is 0 Å². The van der Waals surface area contributed by atoms with Gasteiger partial charge in [0, 0.05) is 32.0 Å². The number of likely N-dealkylation sites (tertiary alicyclic amines) is 2. The Balaban J connectivity index is 1.44. The number of rotatable bonds is 3. The van der Waals surface area contributed by atoms with Crippen molar-refractivity contribution in [1.29, 1.82) is 0 Å². The van der Waals surface area contributed by atoms with Crippen molar-refractivity contribution in [3.8, 4) is 0 Å². The van der Waals surface area contributed by atoms with Crippen LogP contribution in [0, 0.1) is 11.3 Å². The third kappa shape index (κ3) is 3.58. The molecule has 2 saturated heterocycles. The first-order chi connectivity index (χ1) is 13.0. The highest BCUT2D eigenvalue weighted by Gasteiger charge is 2.55. The van der Waals surface area contributed by atoms with Gasteiger partial charge in [-0.05, 0) is 68.2 Å². The number of nitrogens with zero attached hydrogens (tertiary/aromatic N) is 3. The Bertz CT molecular complexity index is 698. The van der Waals surface area contributed by atoms with Gasteiger partial charge in [-0.2, -0.15) is 0 Å². The van der Waals surface area contributed by atoms with E-state index in [1.165, 1.54) is 5.56 Å². The van der Waals surface area contributed by atoms with Crippen molar-refractivity contribution in [3.05, 3.63) is 30.1 Å². The van der Waals surface area contributed by atoms with Crippen LogP contribution in [0.25, 0.3) is 0 Å². The number of aromatic nitrogens is 1. The topological polar surface area (TPSA) is 85.8 Å². The molecule has 1 aliphatic carbocycles. The molecule has 2 amide bonds. The minimum Gasteiger partial charge on any atom is -0.341 e. The molecule has 4 rings (SSSR count). The molecule has 2 atom stereocenters. The average molecular weight is 372 g/mol. The summed E-state index contributed by atoms with van der Waals surface area (Å²) in [6, 6.07) is 3.61. The Hall–Kier alpha value is -1.99. The second-order valence-electron chi connectivity index (χ2n) is 8.53. The summed E-state index contributed by atoms with van der Waals surface area (Å²) in [5.74, 6) is -0.443. The van der Waals surface area contributed by atoms with Crippen LogP contribution in [-0.4, -0.2) is 64.5 Å². The molecule has 27 heavy (non-hydrogen) atoms. The zero-order valence-corrected chi connectivity index (χ0v) is 15.8. The van der Waals surface area contributed by atoms with Crippen molar-refractivity contribution in [2.24, 2.45) is 11.3 Å². The summed E-state index contributed by atoms with van der Waals surface area (Å²) in [5, 5.41) is 9.19. The van der Waals surface area contributed by atoms with Gasteiger partial charge >= 0.3 is 0 Å². The lowest BCUT2D eigenvalue weighted by Crippen LogP contribution is -2.59. The largest absolute Gasteiger partial charge is 0.341 e. The van der Waals surface area contributed by atoms with Crippen LogP contribution < -0.4 is 5.48 Å².